The van der Waals surface area contributed by atoms with Crippen molar-refractivity contribution in [2.75, 3.05) is 16.9 Å². The van der Waals surface area contributed by atoms with E-state index in [2.05, 4.69) is 22.8 Å². The monoisotopic (exact) mass is 669 g/mol. The number of fused-ring (bicyclic) bond motifs is 1. The van der Waals surface area contributed by atoms with E-state index < -0.39 is 14.8 Å². The molecular weight excluding hydrogens is 635 g/mol. The maximum Gasteiger partial charge on any atom is 0.274 e. The van der Waals surface area contributed by atoms with Crippen LogP contribution in [0.25, 0.3) is 10.9 Å². The molecular formula is C35H35N5O5S2. The minimum absolute atomic E-state index is 0.0235. The molecule has 1 heterocycles. The lowest BCUT2D eigenvalue weighted by Gasteiger charge is -2.30. The van der Waals surface area contributed by atoms with Crippen LogP contribution in [0.2, 0.25) is 0 Å². The number of para-hydroxylation sites is 1. The smallest absolute Gasteiger partial charge is 0.274 e. The molecule has 6 rings (SSSR count). The van der Waals surface area contributed by atoms with Crippen LogP contribution in [0.1, 0.15) is 48.3 Å². The Balaban J connectivity index is 1.17. The lowest BCUT2D eigenvalue weighted by atomic mass is 9.81. The van der Waals surface area contributed by atoms with Gasteiger partial charge in [-0.05, 0) is 73.1 Å². The van der Waals surface area contributed by atoms with E-state index in [1.807, 2.05) is 60.7 Å². The van der Waals surface area contributed by atoms with Crippen molar-refractivity contribution in [3.8, 4) is 0 Å². The zero-order valence-electron chi connectivity index (χ0n) is 25.8. The molecule has 10 nitrogen and oxygen atoms in total. The van der Waals surface area contributed by atoms with Gasteiger partial charge in [0.15, 0.2) is 9.84 Å². The number of sulfone groups is 1. The Kier molecular flexibility index (Phi) is 9.71. The molecule has 1 aliphatic rings. The van der Waals surface area contributed by atoms with E-state index in [-0.39, 0.29) is 29.1 Å². The Morgan fingerprint density at radius 1 is 0.894 bits per heavy atom. The number of nitrogens with one attached hydrogen (secondary N) is 2. The Morgan fingerprint density at radius 2 is 1.55 bits per heavy atom. The van der Waals surface area contributed by atoms with Crippen molar-refractivity contribution in [3.63, 3.8) is 0 Å². The van der Waals surface area contributed by atoms with Crippen LogP contribution >= 0.6 is 11.8 Å². The molecule has 4 aromatic carbocycles. The highest BCUT2D eigenvalue weighted by Crippen LogP contribution is 2.39. The first-order valence-corrected chi connectivity index (χ1v) is 18.1. The number of rotatable bonds is 11. The lowest BCUT2D eigenvalue weighted by Crippen LogP contribution is -2.26. The summed E-state index contributed by atoms with van der Waals surface area (Å²) in [5.41, 5.74) is 3.21. The van der Waals surface area contributed by atoms with Crippen LogP contribution in [0.15, 0.2) is 106 Å². The lowest BCUT2D eigenvalue weighted by molar-refractivity contribution is -0.386. The van der Waals surface area contributed by atoms with Crippen LogP contribution in [0.5, 0.6) is 0 Å². The third-order valence-electron chi connectivity index (χ3n) is 8.51. The molecule has 12 heteroatoms. The zero-order chi connectivity index (χ0) is 33.0. The summed E-state index contributed by atoms with van der Waals surface area (Å²) in [5.74, 6) is 1.19. The molecule has 0 saturated heterocycles. The summed E-state index contributed by atoms with van der Waals surface area (Å²) in [5, 5.41) is 29.6. The van der Waals surface area contributed by atoms with Gasteiger partial charge in [-0.2, -0.15) is 4.98 Å². The number of hydrogen-bond donors (Lipinski definition) is 3. The maximum absolute atomic E-state index is 12.0. The zero-order valence-corrected chi connectivity index (χ0v) is 27.4. The third kappa shape index (κ3) is 7.56. The van der Waals surface area contributed by atoms with Crippen LogP contribution in [-0.4, -0.2) is 40.7 Å². The van der Waals surface area contributed by atoms with Crippen molar-refractivity contribution < 1.29 is 18.4 Å². The Hall–Kier alpha value is -4.52. The van der Waals surface area contributed by atoms with Gasteiger partial charge in [0.1, 0.15) is 5.82 Å². The Morgan fingerprint density at radius 3 is 2.26 bits per heavy atom. The van der Waals surface area contributed by atoms with Crippen LogP contribution in [-0.2, 0) is 23.0 Å². The quantitative estimate of drug-likeness (QED) is 0.0964. The van der Waals surface area contributed by atoms with Crippen molar-refractivity contribution in [3.05, 3.63) is 118 Å². The summed E-state index contributed by atoms with van der Waals surface area (Å²) in [7, 11) is -3.55. The van der Waals surface area contributed by atoms with E-state index in [9.17, 15) is 23.6 Å². The molecule has 1 fully saturated rings. The Bertz CT molecular complexity index is 2030. The van der Waals surface area contributed by atoms with Crippen LogP contribution in [0.4, 0.5) is 17.5 Å². The molecule has 0 radical (unpaired) electrons. The van der Waals surface area contributed by atoms with Gasteiger partial charge in [-0.3, -0.25) is 10.1 Å². The fraction of sp³-hybridized carbons (Fsp3) is 0.257. The highest BCUT2D eigenvalue weighted by Gasteiger charge is 2.29. The summed E-state index contributed by atoms with van der Waals surface area (Å²) in [6, 6.07) is 28.2. The van der Waals surface area contributed by atoms with E-state index in [4.69, 9.17) is 9.97 Å². The fourth-order valence-electron chi connectivity index (χ4n) is 6.04. The summed E-state index contributed by atoms with van der Waals surface area (Å²) in [4.78, 5) is 23.1. The minimum atomic E-state index is -3.55. The average Bonchev–Trinajstić information content (AvgIpc) is 3.08. The first kappa shape index (κ1) is 32.4. The molecule has 3 N–H and O–H groups in total. The predicted molar refractivity (Wildman–Crippen MR) is 185 cm³/mol. The number of hydrogen-bond acceptors (Lipinski definition) is 10. The van der Waals surface area contributed by atoms with Gasteiger partial charge in [0.25, 0.3) is 5.69 Å². The van der Waals surface area contributed by atoms with Gasteiger partial charge in [0.2, 0.25) is 5.95 Å². The van der Waals surface area contributed by atoms with E-state index in [1.54, 1.807) is 17.8 Å². The average molecular weight is 670 g/mol. The van der Waals surface area contributed by atoms with Crippen molar-refractivity contribution in [2.45, 2.75) is 65.5 Å². The van der Waals surface area contributed by atoms with Crippen molar-refractivity contribution in [1.29, 1.82) is 0 Å². The van der Waals surface area contributed by atoms with E-state index in [1.165, 1.54) is 12.1 Å². The second-order valence-corrected chi connectivity index (χ2v) is 14.8. The second kappa shape index (κ2) is 14.1. The highest BCUT2D eigenvalue weighted by atomic mass is 32.2. The topological polar surface area (TPSA) is 147 Å². The van der Waals surface area contributed by atoms with Crippen molar-refractivity contribution in [1.82, 2.24) is 9.97 Å². The first-order valence-electron chi connectivity index (χ1n) is 15.4. The van der Waals surface area contributed by atoms with Gasteiger partial charge in [-0.1, -0.05) is 66.4 Å². The standard InChI is InChI=1S/C35H35N5O5S2/c1-47(44,45)27-18-19-28(31(20-27)40(42)43)23-14-16-26(17-15-23)37-34-29-10-4-5-11-30(29)38-35(39-34)36-21-24-8-2-6-12-32(24)46-33-13-7-3-9-25(33)22-41/h2-13,18-20,23,26,41H,14-17,21-22H2,1H3,(H2,36,37,38,39). The van der Waals surface area contributed by atoms with Gasteiger partial charge in [-0.15, -0.1) is 0 Å². The number of aliphatic hydroxyl groups excluding tert-OH is 1. The van der Waals surface area contributed by atoms with Gasteiger partial charge < -0.3 is 15.7 Å². The number of anilines is 2. The molecule has 1 saturated carbocycles. The fourth-order valence-corrected chi connectivity index (χ4v) is 7.75. The van der Waals surface area contributed by atoms with Crippen molar-refractivity contribution >= 4 is 50.0 Å². The van der Waals surface area contributed by atoms with Crippen molar-refractivity contribution in [2.24, 2.45) is 0 Å². The highest BCUT2D eigenvalue weighted by molar-refractivity contribution is 7.99. The summed E-state index contributed by atoms with van der Waals surface area (Å²) in [6.07, 6.45) is 4.04. The van der Waals surface area contributed by atoms with Crippen LogP contribution in [0, 0.1) is 10.1 Å². The molecule has 1 aliphatic carbocycles. The number of aliphatic hydroxyl groups is 1. The SMILES string of the molecule is CS(=O)(=O)c1ccc(C2CCC(Nc3nc(NCc4ccccc4Sc4ccccc4CO)nc4ccccc34)CC2)c([N+](=O)[O-])c1. The number of nitrogens with zero attached hydrogens (tertiary/aromatic N) is 3. The summed E-state index contributed by atoms with van der Waals surface area (Å²) in [6.45, 7) is 0.481. The molecule has 0 amide bonds. The predicted octanol–water partition coefficient (Wildman–Crippen LogP) is 7.34. The second-order valence-electron chi connectivity index (χ2n) is 11.7. The normalized spacial score (nSPS) is 16.6. The minimum Gasteiger partial charge on any atom is -0.392 e. The first-order chi connectivity index (χ1) is 22.7. The molecule has 1 aromatic heterocycles. The molecule has 0 atom stereocenters. The molecule has 0 spiro atoms. The van der Waals surface area contributed by atoms with Crippen LogP contribution in [0.3, 0.4) is 0 Å². The van der Waals surface area contributed by atoms with E-state index >= 15 is 0 Å². The summed E-state index contributed by atoms with van der Waals surface area (Å²) >= 11 is 1.61. The number of nitro groups is 1. The number of benzene rings is 4. The van der Waals surface area contributed by atoms with E-state index in [0.717, 1.165) is 69.6 Å². The Labute approximate surface area is 277 Å². The molecule has 0 bridgehead atoms. The van der Waals surface area contributed by atoms with Crippen LogP contribution < -0.4 is 10.6 Å². The van der Waals surface area contributed by atoms with Gasteiger partial charge in [0, 0.05) is 45.6 Å². The van der Waals surface area contributed by atoms with Gasteiger partial charge in [-0.25, -0.2) is 13.4 Å². The third-order valence-corrected chi connectivity index (χ3v) is 10.9. The largest absolute Gasteiger partial charge is 0.392 e. The molecule has 0 aliphatic heterocycles. The molecule has 0 unspecified atom stereocenters. The van der Waals surface area contributed by atoms with E-state index in [0.29, 0.717) is 18.1 Å². The summed E-state index contributed by atoms with van der Waals surface area (Å²) < 4.78 is 24.0. The molecule has 242 valence electrons. The van der Waals surface area contributed by atoms with Gasteiger partial charge >= 0.3 is 0 Å². The van der Waals surface area contributed by atoms with Gasteiger partial charge in [0.05, 0.1) is 21.9 Å². The number of aromatic nitrogens is 2. The molecule has 47 heavy (non-hydrogen) atoms. The number of nitro benzene ring substituents is 1. The maximum atomic E-state index is 12.0. The molecule has 5 aromatic rings.